The van der Waals surface area contributed by atoms with Crippen molar-refractivity contribution in [1.82, 2.24) is 0 Å². The summed E-state index contributed by atoms with van der Waals surface area (Å²) in [6, 6.07) is 0. The molecule has 0 aliphatic rings. The highest BCUT2D eigenvalue weighted by Crippen LogP contribution is 2.16. The third kappa shape index (κ3) is 2.51. The first kappa shape index (κ1) is 9.67. The van der Waals surface area contributed by atoms with Crippen LogP contribution in [-0.4, -0.2) is 5.78 Å². The number of hydrogen-bond acceptors (Lipinski definition) is 1. The topological polar surface area (TPSA) is 17.1 Å². The molecule has 0 amide bonds. The molecule has 10 heavy (non-hydrogen) atoms. The SMILES string of the molecule is CCC(=O)C(C)[C@H](C)CC. The van der Waals surface area contributed by atoms with Crippen molar-refractivity contribution in [2.45, 2.75) is 40.5 Å². The first-order valence-corrected chi connectivity index (χ1v) is 4.16. The highest BCUT2D eigenvalue weighted by molar-refractivity contribution is 5.80. The third-order valence-electron chi connectivity index (χ3n) is 2.35. The van der Waals surface area contributed by atoms with Gasteiger partial charge in [0.15, 0.2) is 0 Å². The highest BCUT2D eigenvalue weighted by Gasteiger charge is 2.15. The molecule has 1 heteroatoms. The van der Waals surface area contributed by atoms with Crippen LogP contribution < -0.4 is 0 Å². The summed E-state index contributed by atoms with van der Waals surface area (Å²) in [5.41, 5.74) is 0. The number of Topliss-reactive ketones (excluding diaryl/α,β-unsaturated/α-hetero) is 1. The molecule has 0 radical (unpaired) electrons. The zero-order valence-electron chi connectivity index (χ0n) is 7.48. The fraction of sp³-hybridized carbons (Fsp3) is 0.889. The molecule has 0 fully saturated rings. The maximum atomic E-state index is 11.1. The van der Waals surface area contributed by atoms with E-state index in [0.717, 1.165) is 6.42 Å². The monoisotopic (exact) mass is 142 g/mol. The lowest BCUT2D eigenvalue weighted by molar-refractivity contribution is -0.123. The van der Waals surface area contributed by atoms with Crippen molar-refractivity contribution in [2.75, 3.05) is 0 Å². The third-order valence-corrected chi connectivity index (χ3v) is 2.35. The Morgan fingerprint density at radius 2 is 1.80 bits per heavy atom. The lowest BCUT2D eigenvalue weighted by Gasteiger charge is -2.15. The van der Waals surface area contributed by atoms with Crippen molar-refractivity contribution < 1.29 is 4.79 Å². The molecule has 1 nitrogen and oxygen atoms in total. The Hall–Kier alpha value is -0.330. The first-order chi connectivity index (χ1) is 4.63. The molecule has 0 aliphatic heterocycles. The maximum absolute atomic E-state index is 11.1. The molecule has 0 aromatic carbocycles. The van der Waals surface area contributed by atoms with E-state index in [9.17, 15) is 4.79 Å². The zero-order chi connectivity index (χ0) is 8.15. The van der Waals surface area contributed by atoms with Crippen molar-refractivity contribution in [3.05, 3.63) is 0 Å². The van der Waals surface area contributed by atoms with E-state index in [0.29, 0.717) is 18.1 Å². The van der Waals surface area contributed by atoms with Gasteiger partial charge in [0.1, 0.15) is 5.78 Å². The van der Waals surface area contributed by atoms with Gasteiger partial charge >= 0.3 is 0 Å². The summed E-state index contributed by atoms with van der Waals surface area (Å²) in [7, 11) is 0. The fourth-order valence-corrected chi connectivity index (χ4v) is 0.993. The average molecular weight is 142 g/mol. The zero-order valence-corrected chi connectivity index (χ0v) is 7.48. The average Bonchev–Trinajstić information content (AvgIpc) is 2.00. The van der Waals surface area contributed by atoms with Crippen molar-refractivity contribution >= 4 is 5.78 Å². The van der Waals surface area contributed by atoms with E-state index in [4.69, 9.17) is 0 Å². The first-order valence-electron chi connectivity index (χ1n) is 4.16. The molecule has 0 rings (SSSR count). The van der Waals surface area contributed by atoms with Gasteiger partial charge in [0, 0.05) is 12.3 Å². The fourth-order valence-electron chi connectivity index (χ4n) is 0.993. The van der Waals surface area contributed by atoms with E-state index < -0.39 is 0 Å². The molecule has 0 saturated carbocycles. The predicted molar refractivity (Wildman–Crippen MR) is 43.9 cm³/mol. The quantitative estimate of drug-likeness (QED) is 0.589. The molecule has 1 unspecified atom stereocenters. The number of carbonyl (C=O) groups excluding carboxylic acids is 1. The van der Waals surface area contributed by atoms with Crippen molar-refractivity contribution in [3.8, 4) is 0 Å². The molecule has 0 aromatic heterocycles. The second-order valence-electron chi connectivity index (χ2n) is 2.99. The maximum Gasteiger partial charge on any atom is 0.135 e. The molecule has 60 valence electrons. The molecule has 2 atom stereocenters. The van der Waals surface area contributed by atoms with Gasteiger partial charge in [0.2, 0.25) is 0 Å². The van der Waals surface area contributed by atoms with Crippen molar-refractivity contribution in [3.63, 3.8) is 0 Å². The summed E-state index contributed by atoms with van der Waals surface area (Å²) < 4.78 is 0. The van der Waals surface area contributed by atoms with Gasteiger partial charge in [0.05, 0.1) is 0 Å². The minimum atomic E-state index is 0.259. The van der Waals surface area contributed by atoms with Crippen molar-refractivity contribution in [1.29, 1.82) is 0 Å². The van der Waals surface area contributed by atoms with Crippen LogP contribution >= 0.6 is 0 Å². The minimum Gasteiger partial charge on any atom is -0.299 e. The Labute approximate surface area is 63.8 Å². The van der Waals surface area contributed by atoms with Gasteiger partial charge in [-0.1, -0.05) is 34.1 Å². The summed E-state index contributed by atoms with van der Waals surface area (Å²) in [6.45, 7) is 8.23. The molecule has 0 spiro atoms. The molecular formula is C9H18O. The Kier molecular flexibility index (Phi) is 4.33. The van der Waals surface area contributed by atoms with Gasteiger partial charge in [-0.15, -0.1) is 0 Å². The summed E-state index contributed by atoms with van der Waals surface area (Å²) in [4.78, 5) is 11.1. The van der Waals surface area contributed by atoms with Gasteiger partial charge in [-0.2, -0.15) is 0 Å². The van der Waals surface area contributed by atoms with Crippen LogP contribution in [0.4, 0.5) is 0 Å². The van der Waals surface area contributed by atoms with E-state index >= 15 is 0 Å². The number of carbonyl (C=O) groups is 1. The van der Waals surface area contributed by atoms with E-state index in [2.05, 4.69) is 13.8 Å². The highest BCUT2D eigenvalue weighted by atomic mass is 16.1. The normalized spacial score (nSPS) is 16.4. The summed E-state index contributed by atoms with van der Waals surface area (Å²) >= 11 is 0. The Morgan fingerprint density at radius 1 is 1.30 bits per heavy atom. The van der Waals surface area contributed by atoms with Gasteiger partial charge in [0.25, 0.3) is 0 Å². The van der Waals surface area contributed by atoms with Crippen LogP contribution in [0.3, 0.4) is 0 Å². The summed E-state index contributed by atoms with van der Waals surface area (Å²) in [5, 5.41) is 0. The van der Waals surface area contributed by atoms with E-state index in [-0.39, 0.29) is 5.92 Å². The van der Waals surface area contributed by atoms with Crippen LogP contribution in [0.25, 0.3) is 0 Å². The molecular weight excluding hydrogens is 124 g/mol. The van der Waals surface area contributed by atoms with Crippen LogP contribution in [0.2, 0.25) is 0 Å². The van der Waals surface area contributed by atoms with E-state index in [1.807, 2.05) is 13.8 Å². The largest absolute Gasteiger partial charge is 0.299 e. The standard InChI is InChI=1S/C9H18O/c1-5-7(3)8(4)9(10)6-2/h7-8H,5-6H2,1-4H3/t7-,8?/m1/s1. The minimum absolute atomic E-state index is 0.259. The number of rotatable bonds is 4. The van der Waals surface area contributed by atoms with Crippen LogP contribution in [0, 0.1) is 11.8 Å². The number of ketones is 1. The molecule has 0 aromatic rings. The lowest BCUT2D eigenvalue weighted by atomic mass is 9.89. The van der Waals surface area contributed by atoms with Gasteiger partial charge < -0.3 is 0 Å². The molecule has 0 heterocycles. The Morgan fingerprint density at radius 3 is 2.10 bits per heavy atom. The molecule has 0 saturated heterocycles. The van der Waals surface area contributed by atoms with Crippen LogP contribution in [-0.2, 0) is 4.79 Å². The smallest absolute Gasteiger partial charge is 0.135 e. The Bertz CT molecular complexity index is 107. The molecule has 0 aliphatic carbocycles. The number of hydrogen-bond donors (Lipinski definition) is 0. The second kappa shape index (κ2) is 4.48. The lowest BCUT2D eigenvalue weighted by Crippen LogP contribution is -2.17. The van der Waals surface area contributed by atoms with Gasteiger partial charge in [-0.05, 0) is 5.92 Å². The van der Waals surface area contributed by atoms with Crippen molar-refractivity contribution in [2.24, 2.45) is 11.8 Å². The summed E-state index contributed by atoms with van der Waals surface area (Å²) in [6.07, 6.45) is 1.79. The van der Waals surface area contributed by atoms with E-state index in [1.165, 1.54) is 0 Å². The van der Waals surface area contributed by atoms with Gasteiger partial charge in [-0.3, -0.25) is 4.79 Å². The van der Waals surface area contributed by atoms with Crippen LogP contribution in [0.15, 0.2) is 0 Å². The second-order valence-corrected chi connectivity index (χ2v) is 2.99. The van der Waals surface area contributed by atoms with Gasteiger partial charge in [-0.25, -0.2) is 0 Å². The molecule has 0 N–H and O–H groups in total. The van der Waals surface area contributed by atoms with E-state index in [1.54, 1.807) is 0 Å². The predicted octanol–water partition coefficient (Wildman–Crippen LogP) is 2.65. The van der Waals surface area contributed by atoms with Crippen LogP contribution in [0.5, 0.6) is 0 Å². The summed E-state index contributed by atoms with van der Waals surface area (Å²) in [5.74, 6) is 1.21. The van der Waals surface area contributed by atoms with Crippen LogP contribution in [0.1, 0.15) is 40.5 Å². The Balaban J connectivity index is 3.81. The molecule has 0 bridgehead atoms.